The summed E-state index contributed by atoms with van der Waals surface area (Å²) in [6, 6.07) is 17.8. The maximum Gasteiger partial charge on any atom is 0.265 e. The Morgan fingerprint density at radius 3 is 2.52 bits per heavy atom. The van der Waals surface area contributed by atoms with E-state index in [0.29, 0.717) is 18.0 Å². The summed E-state index contributed by atoms with van der Waals surface area (Å²) in [4.78, 5) is 26.4. The highest BCUT2D eigenvalue weighted by atomic mass is 16.5. The molecule has 0 bridgehead atoms. The summed E-state index contributed by atoms with van der Waals surface area (Å²) in [7, 11) is 0. The normalized spacial score (nSPS) is 17.9. The van der Waals surface area contributed by atoms with Crippen molar-refractivity contribution in [3.05, 3.63) is 60.2 Å². The van der Waals surface area contributed by atoms with Crippen molar-refractivity contribution in [2.45, 2.75) is 31.1 Å². The summed E-state index contributed by atoms with van der Waals surface area (Å²) in [6.07, 6.45) is 4.52. The molecule has 1 saturated carbocycles. The average molecular weight is 364 g/mol. The predicted molar refractivity (Wildman–Crippen MR) is 104 cm³/mol. The minimum Gasteiger partial charge on any atom is -0.482 e. The van der Waals surface area contributed by atoms with Gasteiger partial charge in [0.25, 0.3) is 5.91 Å². The van der Waals surface area contributed by atoms with Crippen LogP contribution in [0.4, 0.5) is 5.69 Å². The van der Waals surface area contributed by atoms with Gasteiger partial charge in [-0.3, -0.25) is 14.5 Å². The van der Waals surface area contributed by atoms with Gasteiger partial charge in [-0.1, -0.05) is 55.3 Å². The first-order valence-electron chi connectivity index (χ1n) is 9.52. The molecule has 27 heavy (non-hydrogen) atoms. The van der Waals surface area contributed by atoms with Crippen molar-refractivity contribution in [1.29, 1.82) is 0 Å². The molecule has 5 heteroatoms. The molecule has 0 unspecified atom stereocenters. The van der Waals surface area contributed by atoms with Crippen LogP contribution in [0.5, 0.6) is 5.75 Å². The molecule has 1 aliphatic heterocycles. The Kier molecular flexibility index (Phi) is 4.84. The summed E-state index contributed by atoms with van der Waals surface area (Å²) in [5.74, 6) is 0.311. The molecule has 1 heterocycles. The molecule has 2 aliphatic rings. The lowest BCUT2D eigenvalue weighted by molar-refractivity contribution is -0.125. The van der Waals surface area contributed by atoms with Gasteiger partial charge in [0.2, 0.25) is 5.91 Å². The summed E-state index contributed by atoms with van der Waals surface area (Å²) in [5.41, 5.74) is 1.95. The molecule has 2 amide bonds. The van der Waals surface area contributed by atoms with E-state index >= 15 is 0 Å². The molecule has 5 nitrogen and oxygen atoms in total. The van der Waals surface area contributed by atoms with Crippen molar-refractivity contribution in [1.82, 2.24) is 5.32 Å². The van der Waals surface area contributed by atoms with Crippen molar-refractivity contribution in [3.8, 4) is 5.75 Å². The van der Waals surface area contributed by atoms with Gasteiger partial charge in [0.05, 0.1) is 5.69 Å². The second-order valence-corrected chi connectivity index (χ2v) is 7.37. The fourth-order valence-corrected chi connectivity index (χ4v) is 4.21. The Morgan fingerprint density at radius 1 is 1.04 bits per heavy atom. The lowest BCUT2D eigenvalue weighted by Gasteiger charge is -2.32. The number of rotatable bonds is 5. The number of ether oxygens (including phenoxy) is 1. The van der Waals surface area contributed by atoms with Crippen molar-refractivity contribution < 1.29 is 14.3 Å². The highest BCUT2D eigenvalue weighted by molar-refractivity contribution is 6.02. The number of hydrogen-bond acceptors (Lipinski definition) is 3. The quantitative estimate of drug-likeness (QED) is 0.887. The number of fused-ring (bicyclic) bond motifs is 1. The molecule has 0 atom stereocenters. The Balaban J connectivity index is 1.45. The van der Waals surface area contributed by atoms with Crippen LogP contribution < -0.4 is 15.0 Å². The lowest BCUT2D eigenvalue weighted by atomic mass is 9.79. The first-order chi connectivity index (χ1) is 13.2. The minimum atomic E-state index is -0.192. The fourth-order valence-electron chi connectivity index (χ4n) is 4.21. The average Bonchev–Trinajstić information content (AvgIpc) is 3.20. The van der Waals surface area contributed by atoms with Gasteiger partial charge in [-0.05, 0) is 30.5 Å². The molecule has 1 aliphatic carbocycles. The minimum absolute atomic E-state index is 0.00381. The van der Waals surface area contributed by atoms with E-state index in [0.717, 1.165) is 12.8 Å². The molecule has 0 radical (unpaired) electrons. The molecule has 140 valence electrons. The van der Waals surface area contributed by atoms with Gasteiger partial charge in [-0.15, -0.1) is 0 Å². The highest BCUT2D eigenvalue weighted by Gasteiger charge is 2.36. The Bertz CT molecular complexity index is 828. The van der Waals surface area contributed by atoms with Crippen LogP contribution in [0.25, 0.3) is 0 Å². The number of para-hydroxylation sites is 2. The second kappa shape index (κ2) is 7.43. The van der Waals surface area contributed by atoms with Gasteiger partial charge in [0, 0.05) is 12.0 Å². The van der Waals surface area contributed by atoms with Crippen LogP contribution in [-0.2, 0) is 15.0 Å². The number of hydrogen-bond donors (Lipinski definition) is 1. The number of carbonyl (C=O) groups is 2. The summed E-state index contributed by atoms with van der Waals surface area (Å²) in [5, 5.41) is 3.09. The first kappa shape index (κ1) is 17.6. The topological polar surface area (TPSA) is 58.6 Å². The van der Waals surface area contributed by atoms with E-state index in [4.69, 9.17) is 4.74 Å². The molecule has 0 aromatic heterocycles. The molecule has 2 aromatic carbocycles. The van der Waals surface area contributed by atoms with Crippen LogP contribution in [0.2, 0.25) is 0 Å². The van der Waals surface area contributed by atoms with Crippen LogP contribution in [0.1, 0.15) is 31.2 Å². The van der Waals surface area contributed by atoms with E-state index < -0.39 is 0 Å². The van der Waals surface area contributed by atoms with Crippen molar-refractivity contribution >= 4 is 17.5 Å². The Morgan fingerprint density at radius 2 is 1.74 bits per heavy atom. The zero-order chi connectivity index (χ0) is 18.7. The molecule has 0 saturated heterocycles. The SMILES string of the molecule is O=C(CN1C(=O)COc2ccccc21)NCC1(c2ccccc2)CCCC1. The second-order valence-electron chi connectivity index (χ2n) is 7.37. The summed E-state index contributed by atoms with van der Waals surface area (Å²) in [6.45, 7) is 0.596. The molecule has 1 N–H and O–H groups in total. The number of amides is 2. The maximum atomic E-state index is 12.7. The van der Waals surface area contributed by atoms with Gasteiger partial charge in [0.15, 0.2) is 6.61 Å². The zero-order valence-electron chi connectivity index (χ0n) is 15.3. The zero-order valence-corrected chi connectivity index (χ0v) is 15.3. The van der Waals surface area contributed by atoms with Crippen LogP contribution in [0.15, 0.2) is 54.6 Å². The van der Waals surface area contributed by atoms with Crippen LogP contribution in [-0.4, -0.2) is 31.5 Å². The number of carbonyl (C=O) groups excluding carboxylic acids is 2. The van der Waals surface area contributed by atoms with E-state index in [1.807, 2.05) is 30.3 Å². The van der Waals surface area contributed by atoms with E-state index in [2.05, 4.69) is 29.6 Å². The number of benzene rings is 2. The lowest BCUT2D eigenvalue weighted by Crippen LogP contribution is -2.47. The largest absolute Gasteiger partial charge is 0.482 e. The summed E-state index contributed by atoms with van der Waals surface area (Å²) < 4.78 is 5.44. The Hall–Kier alpha value is -2.82. The van der Waals surface area contributed by atoms with Crippen LogP contribution >= 0.6 is 0 Å². The van der Waals surface area contributed by atoms with Gasteiger partial charge in [-0.25, -0.2) is 0 Å². The van der Waals surface area contributed by atoms with Crippen LogP contribution in [0, 0.1) is 0 Å². The van der Waals surface area contributed by atoms with Gasteiger partial charge in [-0.2, -0.15) is 0 Å². The smallest absolute Gasteiger partial charge is 0.265 e. The van der Waals surface area contributed by atoms with E-state index in [1.165, 1.54) is 23.3 Å². The van der Waals surface area contributed by atoms with Crippen molar-refractivity contribution in [2.24, 2.45) is 0 Å². The molecule has 1 fully saturated rings. The van der Waals surface area contributed by atoms with E-state index in [9.17, 15) is 9.59 Å². The number of anilines is 1. The summed E-state index contributed by atoms with van der Waals surface area (Å²) >= 11 is 0. The molecule has 0 spiro atoms. The number of nitrogens with one attached hydrogen (secondary N) is 1. The standard InChI is InChI=1S/C22H24N2O3/c25-20(14-24-18-10-4-5-11-19(18)27-15-21(24)26)23-16-22(12-6-7-13-22)17-8-2-1-3-9-17/h1-5,8-11H,6-7,12-16H2,(H,23,25). The van der Waals surface area contributed by atoms with E-state index in [-0.39, 0.29) is 30.4 Å². The number of nitrogens with zero attached hydrogens (tertiary/aromatic N) is 1. The van der Waals surface area contributed by atoms with Crippen molar-refractivity contribution in [3.63, 3.8) is 0 Å². The third-order valence-corrected chi connectivity index (χ3v) is 5.68. The van der Waals surface area contributed by atoms with Gasteiger partial charge < -0.3 is 10.1 Å². The van der Waals surface area contributed by atoms with Crippen LogP contribution in [0.3, 0.4) is 0 Å². The molecule has 4 rings (SSSR count). The predicted octanol–water partition coefficient (Wildman–Crippen LogP) is 3.04. The van der Waals surface area contributed by atoms with Crippen molar-refractivity contribution in [2.75, 3.05) is 24.6 Å². The van der Waals surface area contributed by atoms with Gasteiger partial charge in [0.1, 0.15) is 12.3 Å². The monoisotopic (exact) mass is 364 g/mol. The highest BCUT2D eigenvalue weighted by Crippen LogP contribution is 2.40. The van der Waals surface area contributed by atoms with E-state index in [1.54, 1.807) is 0 Å². The first-order valence-corrected chi connectivity index (χ1v) is 9.52. The Labute approximate surface area is 159 Å². The van der Waals surface area contributed by atoms with Gasteiger partial charge >= 0.3 is 0 Å². The third kappa shape index (κ3) is 3.54. The molecular formula is C22H24N2O3. The molecular weight excluding hydrogens is 340 g/mol. The molecule has 2 aromatic rings. The maximum absolute atomic E-state index is 12.7. The third-order valence-electron chi connectivity index (χ3n) is 5.68. The fraction of sp³-hybridized carbons (Fsp3) is 0.364.